The van der Waals surface area contributed by atoms with Gasteiger partial charge in [0.25, 0.3) is 0 Å². The smallest absolute Gasteiger partial charge is 0.0685 e. The predicted octanol–water partition coefficient (Wildman–Crippen LogP) is 19.0. The average Bonchev–Trinajstić information content (AvgIpc) is 4.13. The van der Waals surface area contributed by atoms with Gasteiger partial charge in [0.05, 0.1) is 68.1 Å². The second-order valence-electron chi connectivity index (χ2n) is 21.7. The van der Waals surface area contributed by atoms with E-state index in [0.717, 1.165) is 73.6 Å². The standard InChI is InChI=1S/C71H54N6/c1-70(2)58-28-14-20-34-67(58)77(69-46-72-40-39-60(69)70)53-42-51(75-64-32-18-13-27-56(64)57-44-49(35-37-65(57)75)73(47-21-7-5-8-22-47)48-23-9-6-10-24-48)41-52(43-53)76-66-33-19-15-29-59(66)71(3,4)61-45-50(36-38-68(61)76)74-62-30-16-11-25-54(62)55-26-12-17-31-63(55)74/h5-46H,1-4H3. The summed E-state index contributed by atoms with van der Waals surface area (Å²) in [5.41, 5.74) is 21.2. The maximum Gasteiger partial charge on any atom is 0.0685 e. The van der Waals surface area contributed by atoms with Crippen molar-refractivity contribution in [2.75, 3.05) is 14.7 Å². The van der Waals surface area contributed by atoms with Crippen molar-refractivity contribution in [1.29, 1.82) is 0 Å². The molecule has 77 heavy (non-hydrogen) atoms. The van der Waals surface area contributed by atoms with Crippen LogP contribution in [-0.4, -0.2) is 14.1 Å². The summed E-state index contributed by atoms with van der Waals surface area (Å²) in [5, 5.41) is 4.86. The molecule has 0 fully saturated rings. The molecule has 2 aliphatic heterocycles. The van der Waals surface area contributed by atoms with Crippen molar-refractivity contribution in [2.45, 2.75) is 38.5 Å². The molecule has 2 aliphatic rings. The molecule has 0 aliphatic carbocycles. The molecule has 0 N–H and O–H groups in total. The highest BCUT2D eigenvalue weighted by atomic mass is 15.2. The van der Waals surface area contributed by atoms with Gasteiger partial charge in [-0.2, -0.15) is 0 Å². The zero-order valence-electron chi connectivity index (χ0n) is 43.4. The molecule has 0 spiro atoms. The van der Waals surface area contributed by atoms with Gasteiger partial charge in [-0.3, -0.25) is 4.98 Å². The number of rotatable bonds is 7. The lowest BCUT2D eigenvalue weighted by Crippen LogP contribution is -2.31. The first-order valence-electron chi connectivity index (χ1n) is 26.7. The third-order valence-electron chi connectivity index (χ3n) is 16.7. The highest BCUT2D eigenvalue weighted by Crippen LogP contribution is 2.56. The number of pyridine rings is 1. The quantitative estimate of drug-likeness (QED) is 0.159. The van der Waals surface area contributed by atoms with Crippen molar-refractivity contribution in [2.24, 2.45) is 0 Å². The van der Waals surface area contributed by atoms with Gasteiger partial charge in [0.2, 0.25) is 0 Å². The molecule has 0 atom stereocenters. The van der Waals surface area contributed by atoms with Gasteiger partial charge in [0.1, 0.15) is 0 Å². The predicted molar refractivity (Wildman–Crippen MR) is 321 cm³/mol. The first-order chi connectivity index (χ1) is 37.7. The largest absolute Gasteiger partial charge is 0.310 e. The second-order valence-corrected chi connectivity index (χ2v) is 21.7. The lowest BCUT2D eigenvalue weighted by molar-refractivity contribution is 0.630. The Balaban J connectivity index is 0.998. The highest BCUT2D eigenvalue weighted by molar-refractivity contribution is 6.12. The Morgan fingerprint density at radius 3 is 1.35 bits per heavy atom. The Hall–Kier alpha value is -9.65. The highest BCUT2D eigenvalue weighted by Gasteiger charge is 2.40. The van der Waals surface area contributed by atoms with E-state index < -0.39 is 0 Å². The summed E-state index contributed by atoms with van der Waals surface area (Å²) in [7, 11) is 0. The Bertz CT molecular complexity index is 4340. The number of nitrogens with zero attached hydrogens (tertiary/aromatic N) is 6. The van der Waals surface area contributed by atoms with Gasteiger partial charge >= 0.3 is 0 Å². The van der Waals surface area contributed by atoms with Crippen LogP contribution >= 0.6 is 0 Å². The van der Waals surface area contributed by atoms with Crippen molar-refractivity contribution in [3.05, 3.63) is 277 Å². The number of benzene rings is 10. The minimum Gasteiger partial charge on any atom is -0.310 e. The molecule has 10 aromatic carbocycles. The number of fused-ring (bicyclic) bond motifs is 10. The molecule has 0 amide bonds. The van der Waals surface area contributed by atoms with Gasteiger partial charge in [0.15, 0.2) is 0 Å². The molecule has 0 bridgehead atoms. The molecule has 3 aromatic heterocycles. The fourth-order valence-electron chi connectivity index (χ4n) is 13.1. The van der Waals surface area contributed by atoms with Crippen molar-refractivity contribution >= 4 is 94.8 Å². The Kier molecular flexibility index (Phi) is 9.85. The van der Waals surface area contributed by atoms with Crippen molar-refractivity contribution < 1.29 is 0 Å². The van der Waals surface area contributed by atoms with Crippen LogP contribution in [0.3, 0.4) is 0 Å². The summed E-state index contributed by atoms with van der Waals surface area (Å²) in [6.45, 7) is 9.45. The normalized spacial score (nSPS) is 14.1. The van der Waals surface area contributed by atoms with E-state index in [0.29, 0.717) is 0 Å². The maximum absolute atomic E-state index is 4.82. The molecule has 0 saturated heterocycles. The molecule has 368 valence electrons. The van der Waals surface area contributed by atoms with Gasteiger partial charge in [-0.15, -0.1) is 0 Å². The summed E-state index contributed by atoms with van der Waals surface area (Å²) in [5.74, 6) is 0. The summed E-state index contributed by atoms with van der Waals surface area (Å²) in [4.78, 5) is 12.1. The van der Waals surface area contributed by atoms with Gasteiger partial charge in [-0.05, 0) is 138 Å². The third kappa shape index (κ3) is 6.71. The molecular weight excluding hydrogens is 937 g/mol. The van der Waals surface area contributed by atoms with Gasteiger partial charge in [-0.25, -0.2) is 0 Å². The van der Waals surface area contributed by atoms with Crippen LogP contribution in [0.25, 0.3) is 55.0 Å². The van der Waals surface area contributed by atoms with Crippen LogP contribution in [0.5, 0.6) is 0 Å². The van der Waals surface area contributed by atoms with Gasteiger partial charge < -0.3 is 23.8 Å². The molecule has 6 nitrogen and oxygen atoms in total. The first kappa shape index (κ1) is 44.8. The minimum absolute atomic E-state index is 0.256. The molecular formula is C71H54N6. The van der Waals surface area contributed by atoms with E-state index in [1.165, 1.54) is 54.8 Å². The Morgan fingerprint density at radius 1 is 0.312 bits per heavy atom. The molecule has 5 heterocycles. The van der Waals surface area contributed by atoms with Crippen LogP contribution in [0.1, 0.15) is 49.9 Å². The third-order valence-corrected chi connectivity index (χ3v) is 16.7. The van der Waals surface area contributed by atoms with Crippen molar-refractivity contribution in [3.63, 3.8) is 0 Å². The molecule has 0 radical (unpaired) electrons. The van der Waals surface area contributed by atoms with E-state index in [1.54, 1.807) is 0 Å². The Morgan fingerprint density at radius 2 is 0.753 bits per heavy atom. The van der Waals surface area contributed by atoms with E-state index in [1.807, 2.05) is 6.20 Å². The monoisotopic (exact) mass is 990 g/mol. The van der Waals surface area contributed by atoms with Crippen molar-refractivity contribution in [1.82, 2.24) is 14.1 Å². The number of para-hydroxylation sites is 7. The lowest BCUT2D eigenvalue weighted by Gasteiger charge is -2.43. The van der Waals surface area contributed by atoms with E-state index in [4.69, 9.17) is 4.98 Å². The number of hydrogen-bond donors (Lipinski definition) is 0. The van der Waals surface area contributed by atoms with E-state index in [9.17, 15) is 0 Å². The number of hydrogen-bond acceptors (Lipinski definition) is 4. The van der Waals surface area contributed by atoms with Crippen LogP contribution in [0.15, 0.2) is 255 Å². The topological polar surface area (TPSA) is 32.5 Å². The second kappa shape index (κ2) is 16.9. The SMILES string of the molecule is CC1(C)c2ccccc2N(c2cc(N3c4ccccc4C(C)(C)c4cc(-n5c6ccccc6c6ccccc65)ccc43)cc(-n3c4ccccc4c4cc(N(c5ccccc5)c5ccccc5)ccc43)c2)c2cnccc21. The fourth-order valence-corrected chi connectivity index (χ4v) is 13.1. The summed E-state index contributed by atoms with van der Waals surface area (Å²) in [6.07, 6.45) is 3.99. The van der Waals surface area contributed by atoms with E-state index in [2.05, 4.69) is 300 Å². The minimum atomic E-state index is -0.336. The number of aromatic nitrogens is 3. The van der Waals surface area contributed by atoms with E-state index in [-0.39, 0.29) is 10.8 Å². The summed E-state index contributed by atoms with van der Waals surface area (Å²) in [6, 6.07) is 89.3. The summed E-state index contributed by atoms with van der Waals surface area (Å²) >= 11 is 0. The van der Waals surface area contributed by atoms with Crippen molar-refractivity contribution in [3.8, 4) is 11.4 Å². The zero-order valence-corrected chi connectivity index (χ0v) is 43.4. The molecule has 6 heteroatoms. The van der Waals surface area contributed by atoms with Crippen LogP contribution in [0.2, 0.25) is 0 Å². The molecule has 15 rings (SSSR count). The van der Waals surface area contributed by atoms with E-state index >= 15 is 0 Å². The Labute approximate surface area is 448 Å². The van der Waals surface area contributed by atoms with Crippen LogP contribution in [0.4, 0.5) is 51.2 Å². The van der Waals surface area contributed by atoms with Crippen LogP contribution < -0.4 is 14.7 Å². The molecule has 0 unspecified atom stereocenters. The number of anilines is 9. The van der Waals surface area contributed by atoms with Gasteiger partial charge in [0, 0.05) is 61.3 Å². The van der Waals surface area contributed by atoms with Gasteiger partial charge in [-0.1, -0.05) is 155 Å². The molecule has 0 saturated carbocycles. The summed E-state index contributed by atoms with van der Waals surface area (Å²) < 4.78 is 4.92. The van der Waals surface area contributed by atoms with Crippen LogP contribution in [0, 0.1) is 0 Å². The fraction of sp³-hybridized carbons (Fsp3) is 0.0845. The lowest BCUT2D eigenvalue weighted by atomic mass is 9.73. The molecule has 13 aromatic rings. The first-order valence-corrected chi connectivity index (χ1v) is 26.7. The van der Waals surface area contributed by atoms with Crippen LogP contribution in [-0.2, 0) is 10.8 Å². The zero-order chi connectivity index (χ0) is 51.6. The average molecular weight is 991 g/mol. The maximum atomic E-state index is 4.82.